The molecule has 0 aliphatic carbocycles. The fourth-order valence-electron chi connectivity index (χ4n) is 0.857. The standard InChI is InChI=1S/C8H6O2/c1-3-9-5-7(1)8-2-4-10-6-8/h1-6H. The molecule has 0 aliphatic heterocycles. The zero-order chi connectivity index (χ0) is 6.81. The second-order valence-electron chi connectivity index (χ2n) is 2.02. The van der Waals surface area contributed by atoms with Gasteiger partial charge in [0.25, 0.3) is 0 Å². The van der Waals surface area contributed by atoms with Crippen LogP contribution >= 0.6 is 0 Å². The predicted octanol–water partition coefficient (Wildman–Crippen LogP) is 2.54. The fourth-order valence-corrected chi connectivity index (χ4v) is 0.857. The quantitative estimate of drug-likeness (QED) is 0.599. The molecule has 0 aliphatic rings. The molecule has 0 spiro atoms. The van der Waals surface area contributed by atoms with Crippen molar-refractivity contribution in [3.63, 3.8) is 0 Å². The zero-order valence-corrected chi connectivity index (χ0v) is 5.28. The summed E-state index contributed by atoms with van der Waals surface area (Å²) in [6, 6.07) is 3.79. The lowest BCUT2D eigenvalue weighted by Gasteiger charge is -1.82. The summed E-state index contributed by atoms with van der Waals surface area (Å²) in [5.41, 5.74) is 2.10. The molecule has 0 radical (unpaired) electrons. The first-order chi connectivity index (χ1) is 4.97. The molecule has 2 aromatic heterocycles. The maximum absolute atomic E-state index is 4.90. The van der Waals surface area contributed by atoms with E-state index in [4.69, 9.17) is 8.83 Å². The van der Waals surface area contributed by atoms with E-state index in [9.17, 15) is 0 Å². The molecule has 0 atom stereocenters. The second-order valence-corrected chi connectivity index (χ2v) is 2.02. The van der Waals surface area contributed by atoms with Gasteiger partial charge in [0.2, 0.25) is 0 Å². The van der Waals surface area contributed by atoms with Crippen molar-refractivity contribution in [2.45, 2.75) is 0 Å². The third-order valence-corrected chi connectivity index (χ3v) is 1.38. The molecule has 0 saturated heterocycles. The van der Waals surface area contributed by atoms with Gasteiger partial charge >= 0.3 is 0 Å². The Morgan fingerprint density at radius 1 is 0.800 bits per heavy atom. The van der Waals surface area contributed by atoms with Crippen LogP contribution in [0.3, 0.4) is 0 Å². The van der Waals surface area contributed by atoms with E-state index in [-0.39, 0.29) is 0 Å². The molecule has 50 valence electrons. The molecule has 0 N–H and O–H groups in total. The number of hydrogen-bond donors (Lipinski definition) is 0. The van der Waals surface area contributed by atoms with E-state index >= 15 is 0 Å². The van der Waals surface area contributed by atoms with Gasteiger partial charge in [-0.1, -0.05) is 0 Å². The molecule has 10 heavy (non-hydrogen) atoms. The summed E-state index contributed by atoms with van der Waals surface area (Å²) in [6.45, 7) is 0. The Morgan fingerprint density at radius 3 is 1.60 bits per heavy atom. The number of hydrogen-bond acceptors (Lipinski definition) is 2. The van der Waals surface area contributed by atoms with E-state index in [2.05, 4.69) is 0 Å². The zero-order valence-electron chi connectivity index (χ0n) is 5.28. The molecule has 2 rings (SSSR count). The Kier molecular flexibility index (Phi) is 1.10. The van der Waals surface area contributed by atoms with Gasteiger partial charge in [0, 0.05) is 11.1 Å². The molecule has 0 unspecified atom stereocenters. The van der Waals surface area contributed by atoms with Crippen LogP contribution < -0.4 is 0 Å². The van der Waals surface area contributed by atoms with Gasteiger partial charge in [-0.3, -0.25) is 0 Å². The molecule has 2 heterocycles. The molecule has 0 amide bonds. The number of rotatable bonds is 1. The monoisotopic (exact) mass is 134 g/mol. The van der Waals surface area contributed by atoms with Crippen LogP contribution in [0.5, 0.6) is 0 Å². The fraction of sp³-hybridized carbons (Fsp3) is 0. The Bertz CT molecular complexity index is 247. The lowest BCUT2D eigenvalue weighted by atomic mass is 10.2. The Hall–Kier alpha value is -1.44. The normalized spacial score (nSPS) is 10.0. The minimum atomic E-state index is 1.05. The molecule has 2 heteroatoms. The SMILES string of the molecule is c1cc(-c2ccoc2)co1. The van der Waals surface area contributed by atoms with Gasteiger partial charge < -0.3 is 8.83 Å². The smallest absolute Gasteiger partial charge is 0.0982 e. The minimum Gasteiger partial charge on any atom is -0.472 e. The highest BCUT2D eigenvalue weighted by atomic mass is 16.3. The van der Waals surface area contributed by atoms with Crippen LogP contribution in [-0.4, -0.2) is 0 Å². The minimum absolute atomic E-state index is 1.05. The van der Waals surface area contributed by atoms with Crippen molar-refractivity contribution in [3.8, 4) is 11.1 Å². The third kappa shape index (κ3) is 0.739. The van der Waals surface area contributed by atoms with Crippen molar-refractivity contribution >= 4 is 0 Å². The van der Waals surface area contributed by atoms with Gasteiger partial charge in [0.15, 0.2) is 0 Å². The van der Waals surface area contributed by atoms with Gasteiger partial charge in [-0.2, -0.15) is 0 Å². The van der Waals surface area contributed by atoms with Crippen LogP contribution in [0.25, 0.3) is 11.1 Å². The molecule has 0 fully saturated rings. The summed E-state index contributed by atoms with van der Waals surface area (Å²) in [5, 5.41) is 0. The summed E-state index contributed by atoms with van der Waals surface area (Å²) in [5.74, 6) is 0. The van der Waals surface area contributed by atoms with Crippen molar-refractivity contribution in [1.82, 2.24) is 0 Å². The summed E-state index contributed by atoms with van der Waals surface area (Å²) < 4.78 is 9.79. The van der Waals surface area contributed by atoms with Crippen LogP contribution in [0.15, 0.2) is 46.0 Å². The maximum Gasteiger partial charge on any atom is 0.0982 e. The highest BCUT2D eigenvalue weighted by Crippen LogP contribution is 2.18. The first-order valence-electron chi connectivity index (χ1n) is 3.01. The molecule has 2 nitrogen and oxygen atoms in total. The van der Waals surface area contributed by atoms with Gasteiger partial charge in [0.05, 0.1) is 25.1 Å². The highest BCUT2D eigenvalue weighted by molar-refractivity contribution is 5.59. The van der Waals surface area contributed by atoms with Crippen molar-refractivity contribution < 1.29 is 8.83 Å². The van der Waals surface area contributed by atoms with Crippen molar-refractivity contribution in [2.75, 3.05) is 0 Å². The van der Waals surface area contributed by atoms with Gasteiger partial charge in [-0.25, -0.2) is 0 Å². The van der Waals surface area contributed by atoms with Crippen LogP contribution in [0.2, 0.25) is 0 Å². The second kappa shape index (κ2) is 2.06. The van der Waals surface area contributed by atoms with Gasteiger partial charge in [-0.05, 0) is 12.1 Å². The lowest BCUT2D eigenvalue weighted by molar-refractivity contribution is 0.565. The topological polar surface area (TPSA) is 26.3 Å². The van der Waals surface area contributed by atoms with Gasteiger partial charge in [-0.15, -0.1) is 0 Å². The summed E-state index contributed by atoms with van der Waals surface area (Å²) in [6.07, 6.45) is 6.65. The number of furan rings is 2. The average molecular weight is 134 g/mol. The Labute approximate surface area is 58.1 Å². The summed E-state index contributed by atoms with van der Waals surface area (Å²) in [4.78, 5) is 0. The van der Waals surface area contributed by atoms with Crippen molar-refractivity contribution in [1.29, 1.82) is 0 Å². The third-order valence-electron chi connectivity index (χ3n) is 1.38. The van der Waals surface area contributed by atoms with Crippen LogP contribution in [0, 0.1) is 0 Å². The molecule has 0 saturated carbocycles. The van der Waals surface area contributed by atoms with E-state index in [0.717, 1.165) is 11.1 Å². The van der Waals surface area contributed by atoms with Crippen molar-refractivity contribution in [3.05, 3.63) is 37.2 Å². The Balaban J connectivity index is 2.48. The van der Waals surface area contributed by atoms with E-state index < -0.39 is 0 Å². The molecule has 0 bridgehead atoms. The maximum atomic E-state index is 4.90. The first kappa shape index (κ1) is 5.35. The van der Waals surface area contributed by atoms with Crippen LogP contribution in [-0.2, 0) is 0 Å². The highest BCUT2D eigenvalue weighted by Gasteiger charge is 1.97. The van der Waals surface area contributed by atoms with E-state index in [1.54, 1.807) is 25.1 Å². The lowest BCUT2D eigenvalue weighted by Crippen LogP contribution is -1.61. The van der Waals surface area contributed by atoms with E-state index in [0.29, 0.717) is 0 Å². The molecular weight excluding hydrogens is 128 g/mol. The molecule has 0 aromatic carbocycles. The summed E-state index contributed by atoms with van der Waals surface area (Å²) >= 11 is 0. The predicted molar refractivity (Wildman–Crippen MR) is 36.4 cm³/mol. The largest absolute Gasteiger partial charge is 0.472 e. The Morgan fingerprint density at radius 2 is 1.30 bits per heavy atom. The summed E-state index contributed by atoms with van der Waals surface area (Å²) in [7, 11) is 0. The van der Waals surface area contributed by atoms with E-state index in [1.165, 1.54) is 0 Å². The van der Waals surface area contributed by atoms with E-state index in [1.807, 2.05) is 12.1 Å². The van der Waals surface area contributed by atoms with Crippen LogP contribution in [0.4, 0.5) is 0 Å². The molecular formula is C8H6O2. The van der Waals surface area contributed by atoms with Crippen molar-refractivity contribution in [2.24, 2.45) is 0 Å². The average Bonchev–Trinajstić information content (AvgIpc) is 2.59. The van der Waals surface area contributed by atoms with Gasteiger partial charge in [0.1, 0.15) is 0 Å². The molecule has 2 aromatic rings. The van der Waals surface area contributed by atoms with Crippen LogP contribution in [0.1, 0.15) is 0 Å². The first-order valence-corrected chi connectivity index (χ1v) is 3.01.